The molecule has 24 heavy (non-hydrogen) atoms. The zero-order valence-corrected chi connectivity index (χ0v) is 15.0. The van der Waals surface area contributed by atoms with Gasteiger partial charge in [-0.1, -0.05) is 39.7 Å². The van der Waals surface area contributed by atoms with Crippen molar-refractivity contribution >= 4 is 50.6 Å². The van der Waals surface area contributed by atoms with E-state index in [0.29, 0.717) is 11.4 Å². The number of hydrogen-bond acceptors (Lipinski definition) is 2. The number of guanidine groups is 1. The minimum absolute atomic E-state index is 0.0640. The molecule has 5 nitrogen and oxygen atoms in total. The van der Waals surface area contributed by atoms with E-state index in [4.69, 9.17) is 23.1 Å². The van der Waals surface area contributed by atoms with Gasteiger partial charge in [0.2, 0.25) is 5.96 Å². The van der Waals surface area contributed by atoms with E-state index in [-0.39, 0.29) is 5.96 Å². The maximum absolute atomic E-state index is 5.99. The van der Waals surface area contributed by atoms with E-state index in [1.165, 1.54) is 0 Å². The van der Waals surface area contributed by atoms with Crippen molar-refractivity contribution in [3.63, 3.8) is 0 Å². The highest BCUT2D eigenvalue weighted by Gasteiger charge is 2.13. The summed E-state index contributed by atoms with van der Waals surface area (Å²) in [4.78, 5) is 3.47. The second kappa shape index (κ2) is 7.07. The molecule has 0 aliphatic rings. The Labute approximate surface area is 152 Å². The molecule has 1 aromatic heterocycles. The molecule has 0 saturated heterocycles. The molecule has 3 aromatic rings. The first-order chi connectivity index (χ1) is 11.5. The predicted octanol–water partition coefficient (Wildman–Crippen LogP) is 4.05. The van der Waals surface area contributed by atoms with Gasteiger partial charge in [-0.25, -0.2) is 0 Å². The quantitative estimate of drug-likeness (QED) is 0.348. The van der Waals surface area contributed by atoms with E-state index in [0.717, 1.165) is 32.2 Å². The molecule has 1 heterocycles. The molecule has 0 aliphatic carbocycles. The molecule has 122 valence electrons. The van der Waals surface area contributed by atoms with Crippen LogP contribution in [0.5, 0.6) is 0 Å². The molecule has 2 aromatic carbocycles. The average molecular weight is 405 g/mol. The van der Waals surface area contributed by atoms with Crippen molar-refractivity contribution < 1.29 is 0 Å². The lowest BCUT2D eigenvalue weighted by Crippen LogP contribution is -2.21. The lowest BCUT2D eigenvalue weighted by atomic mass is 10.0. The van der Waals surface area contributed by atoms with Gasteiger partial charge in [0, 0.05) is 33.0 Å². The molecule has 0 fully saturated rings. The standard InChI is InChI=1S/C17H15BrClN5/c18-11-3-6-15-14(9-11)13(7-8-22-24-17(20)21)16(23-15)10-1-4-12(19)5-2-10/h1-6,8-9,23H,7H2,(H4,20,21,24). The minimum Gasteiger partial charge on any atom is -0.369 e. The first kappa shape index (κ1) is 16.5. The Balaban J connectivity index is 2.10. The molecular weight excluding hydrogens is 390 g/mol. The highest BCUT2D eigenvalue weighted by Crippen LogP contribution is 2.32. The van der Waals surface area contributed by atoms with Crippen LogP contribution in [0, 0.1) is 0 Å². The number of H-pyrrole nitrogens is 1. The number of nitrogens with zero attached hydrogens (tertiary/aromatic N) is 2. The van der Waals surface area contributed by atoms with Gasteiger partial charge in [0.15, 0.2) is 0 Å². The van der Waals surface area contributed by atoms with Crippen molar-refractivity contribution in [2.45, 2.75) is 6.42 Å². The molecule has 0 aliphatic heterocycles. The van der Waals surface area contributed by atoms with E-state index in [1.54, 1.807) is 6.21 Å². The fourth-order valence-corrected chi connectivity index (χ4v) is 3.02. The maximum Gasteiger partial charge on any atom is 0.211 e. The van der Waals surface area contributed by atoms with Crippen LogP contribution in [0.4, 0.5) is 0 Å². The lowest BCUT2D eigenvalue weighted by molar-refractivity contribution is 1.19. The third kappa shape index (κ3) is 3.60. The Morgan fingerprint density at radius 1 is 1.17 bits per heavy atom. The predicted molar refractivity (Wildman–Crippen MR) is 104 cm³/mol. The summed E-state index contributed by atoms with van der Waals surface area (Å²) in [6.07, 6.45) is 2.27. The van der Waals surface area contributed by atoms with Crippen molar-refractivity contribution in [2.24, 2.45) is 21.7 Å². The molecule has 0 atom stereocenters. The number of rotatable bonds is 4. The summed E-state index contributed by atoms with van der Waals surface area (Å²) in [5.74, 6) is -0.0640. The van der Waals surface area contributed by atoms with Crippen LogP contribution < -0.4 is 11.5 Å². The summed E-state index contributed by atoms with van der Waals surface area (Å²) in [6.45, 7) is 0. The largest absolute Gasteiger partial charge is 0.369 e. The molecule has 0 bridgehead atoms. The Kier molecular flexibility index (Phi) is 4.87. The van der Waals surface area contributed by atoms with E-state index in [2.05, 4.69) is 37.2 Å². The van der Waals surface area contributed by atoms with Crippen molar-refractivity contribution in [3.05, 3.63) is 57.5 Å². The number of aromatic nitrogens is 1. The molecule has 5 N–H and O–H groups in total. The van der Waals surface area contributed by atoms with Gasteiger partial charge >= 0.3 is 0 Å². The summed E-state index contributed by atoms with van der Waals surface area (Å²) in [5, 5.41) is 9.35. The molecule has 0 radical (unpaired) electrons. The van der Waals surface area contributed by atoms with Crippen molar-refractivity contribution in [1.82, 2.24) is 4.98 Å². The van der Waals surface area contributed by atoms with E-state index >= 15 is 0 Å². The zero-order valence-electron chi connectivity index (χ0n) is 12.6. The highest BCUT2D eigenvalue weighted by atomic mass is 79.9. The third-order valence-electron chi connectivity index (χ3n) is 3.55. The number of fused-ring (bicyclic) bond motifs is 1. The van der Waals surface area contributed by atoms with E-state index in [1.807, 2.05) is 36.4 Å². The monoisotopic (exact) mass is 403 g/mol. The number of nitrogens with one attached hydrogen (secondary N) is 1. The van der Waals surface area contributed by atoms with E-state index in [9.17, 15) is 0 Å². The van der Waals surface area contributed by atoms with Gasteiger partial charge in [-0.2, -0.15) is 5.10 Å². The maximum atomic E-state index is 5.99. The molecule has 3 rings (SSSR count). The molecule has 7 heteroatoms. The van der Waals surface area contributed by atoms with Crippen LogP contribution in [0.25, 0.3) is 22.2 Å². The Bertz CT molecular complexity index is 924. The molecular formula is C17H15BrClN5. The second-order valence-corrected chi connectivity index (χ2v) is 6.55. The summed E-state index contributed by atoms with van der Waals surface area (Å²) in [5.41, 5.74) is 14.8. The van der Waals surface area contributed by atoms with Gasteiger partial charge in [-0.05, 0) is 41.5 Å². The second-order valence-electron chi connectivity index (χ2n) is 5.20. The van der Waals surface area contributed by atoms with Gasteiger partial charge < -0.3 is 16.5 Å². The fraction of sp³-hybridized carbons (Fsp3) is 0.0588. The Morgan fingerprint density at radius 2 is 1.92 bits per heavy atom. The van der Waals surface area contributed by atoms with Crippen LogP contribution in [-0.2, 0) is 6.42 Å². The molecule has 0 unspecified atom stereocenters. The number of aromatic amines is 1. The van der Waals surface area contributed by atoms with Crippen molar-refractivity contribution in [1.29, 1.82) is 0 Å². The van der Waals surface area contributed by atoms with Crippen LogP contribution in [-0.4, -0.2) is 17.2 Å². The lowest BCUT2D eigenvalue weighted by Gasteiger charge is -2.03. The fourth-order valence-electron chi connectivity index (χ4n) is 2.53. The zero-order chi connectivity index (χ0) is 17.1. The highest BCUT2D eigenvalue weighted by molar-refractivity contribution is 9.10. The summed E-state index contributed by atoms with van der Waals surface area (Å²) < 4.78 is 1.01. The van der Waals surface area contributed by atoms with Crippen LogP contribution in [0.15, 0.2) is 57.1 Å². The SMILES string of the molecule is NC(N)=NN=CCc1c(-c2ccc(Cl)cc2)[nH]c2ccc(Br)cc12. The van der Waals surface area contributed by atoms with Gasteiger partial charge in [-0.3, -0.25) is 0 Å². The summed E-state index contributed by atoms with van der Waals surface area (Å²) in [7, 11) is 0. The van der Waals surface area contributed by atoms with Gasteiger partial charge in [0.05, 0.1) is 5.69 Å². The molecule has 0 amide bonds. The minimum atomic E-state index is -0.0640. The van der Waals surface area contributed by atoms with E-state index < -0.39 is 0 Å². The average Bonchev–Trinajstić information content (AvgIpc) is 2.90. The third-order valence-corrected chi connectivity index (χ3v) is 4.30. The molecule has 0 spiro atoms. The van der Waals surface area contributed by atoms with Crippen molar-refractivity contribution in [2.75, 3.05) is 0 Å². The Morgan fingerprint density at radius 3 is 2.62 bits per heavy atom. The topological polar surface area (TPSA) is 92.6 Å². The van der Waals surface area contributed by atoms with Crippen LogP contribution >= 0.6 is 27.5 Å². The Hall–Kier alpha value is -2.31. The van der Waals surface area contributed by atoms with Gasteiger partial charge in [-0.15, -0.1) is 5.10 Å². The van der Waals surface area contributed by atoms with Crippen LogP contribution in [0.3, 0.4) is 0 Å². The number of benzene rings is 2. The van der Waals surface area contributed by atoms with Crippen LogP contribution in [0.2, 0.25) is 5.02 Å². The number of hydrogen-bond donors (Lipinski definition) is 3. The first-order valence-corrected chi connectivity index (χ1v) is 8.38. The van der Waals surface area contributed by atoms with Crippen molar-refractivity contribution in [3.8, 4) is 11.3 Å². The first-order valence-electron chi connectivity index (χ1n) is 7.21. The van der Waals surface area contributed by atoms with Gasteiger partial charge in [0.1, 0.15) is 0 Å². The normalized spacial score (nSPS) is 11.2. The van der Waals surface area contributed by atoms with Crippen LogP contribution in [0.1, 0.15) is 5.56 Å². The summed E-state index contributed by atoms with van der Waals surface area (Å²) >= 11 is 9.52. The van der Waals surface area contributed by atoms with Gasteiger partial charge in [0.25, 0.3) is 0 Å². The number of halogens is 2. The number of nitrogens with two attached hydrogens (primary N) is 2. The summed E-state index contributed by atoms with van der Waals surface area (Å²) in [6, 6.07) is 13.8. The smallest absolute Gasteiger partial charge is 0.211 e. The molecule has 0 saturated carbocycles.